The molecule has 3 heterocycles. The highest BCUT2D eigenvalue weighted by atomic mass is 35.5. The number of hydrogen-bond donors (Lipinski definition) is 4. The van der Waals surface area contributed by atoms with E-state index in [4.69, 9.17) is 23.1 Å². The zero-order chi connectivity index (χ0) is 27.3. The van der Waals surface area contributed by atoms with Crippen LogP contribution in [0, 0.1) is 6.92 Å². The number of aromatic nitrogens is 3. The number of hydrogen-bond acceptors (Lipinski definition) is 8. The molecule has 0 atom stereocenters. The number of carbonyl (C=O) groups is 2. The highest BCUT2D eigenvalue weighted by molar-refractivity contribution is 6.41. The summed E-state index contributed by atoms with van der Waals surface area (Å²) < 4.78 is 0. The van der Waals surface area contributed by atoms with Crippen molar-refractivity contribution in [3.63, 3.8) is 0 Å². The van der Waals surface area contributed by atoms with E-state index >= 15 is 0 Å². The average molecular weight is 528 g/mol. The van der Waals surface area contributed by atoms with Gasteiger partial charge in [-0.3, -0.25) is 19.5 Å². The molecule has 0 bridgehead atoms. The summed E-state index contributed by atoms with van der Waals surface area (Å²) in [4.78, 5) is 45.7. The van der Waals surface area contributed by atoms with Gasteiger partial charge in [-0.05, 0) is 38.6 Å². The van der Waals surface area contributed by atoms with E-state index in [2.05, 4.69) is 44.0 Å². The number of fused-ring (bicyclic) bond motifs is 1. The van der Waals surface area contributed by atoms with Gasteiger partial charge in [-0.25, -0.2) is 4.98 Å². The Kier molecular flexibility index (Phi) is 9.06. The predicted octanol–water partition coefficient (Wildman–Crippen LogP) is 2.24. The van der Waals surface area contributed by atoms with Gasteiger partial charge in [0.1, 0.15) is 5.15 Å². The first-order valence-electron chi connectivity index (χ1n) is 12.1. The van der Waals surface area contributed by atoms with Crippen LogP contribution < -0.4 is 21.7 Å². The molecule has 0 aromatic carbocycles. The third-order valence-corrected chi connectivity index (χ3v) is 6.79. The zero-order valence-corrected chi connectivity index (χ0v) is 22.6. The Morgan fingerprint density at radius 3 is 2.65 bits per heavy atom. The van der Waals surface area contributed by atoms with Crippen LogP contribution in [0.3, 0.4) is 0 Å². The number of nitrogens with zero attached hydrogens (tertiary/aromatic N) is 5. The smallest absolute Gasteiger partial charge is 0.260 e. The van der Waals surface area contributed by atoms with E-state index < -0.39 is 0 Å². The highest BCUT2D eigenvalue weighted by Gasteiger charge is 2.37. The number of likely N-dealkylation sites (N-methyl/N-ethyl adjacent to an activating group) is 1. The fraction of sp³-hybridized carbons (Fsp3) is 0.400. The maximum atomic E-state index is 13.6. The van der Waals surface area contributed by atoms with Crippen LogP contribution in [0.25, 0.3) is 11.6 Å². The summed E-state index contributed by atoms with van der Waals surface area (Å²) in [5.41, 5.74) is 15.4. The van der Waals surface area contributed by atoms with Gasteiger partial charge in [-0.1, -0.05) is 25.4 Å². The number of nitrogens with one attached hydrogen (secondary N) is 2. The second-order valence-electron chi connectivity index (χ2n) is 8.55. The topological polar surface area (TPSA) is 159 Å². The fourth-order valence-electron chi connectivity index (χ4n) is 4.10. The van der Waals surface area contributed by atoms with Crippen molar-refractivity contribution in [3.05, 3.63) is 45.5 Å². The molecule has 0 saturated carbocycles. The van der Waals surface area contributed by atoms with Crippen LogP contribution in [0.1, 0.15) is 48.0 Å². The highest BCUT2D eigenvalue weighted by Crippen LogP contribution is 2.41. The molecule has 198 valence electrons. The number of rotatable bonds is 10. The van der Waals surface area contributed by atoms with Crippen molar-refractivity contribution in [2.45, 2.75) is 27.7 Å². The second kappa shape index (κ2) is 12.0. The largest absolute Gasteiger partial charge is 0.404 e. The zero-order valence-electron chi connectivity index (χ0n) is 21.9. The van der Waals surface area contributed by atoms with Crippen LogP contribution in [0.5, 0.6) is 0 Å². The molecule has 37 heavy (non-hydrogen) atoms. The van der Waals surface area contributed by atoms with Crippen molar-refractivity contribution in [3.8, 4) is 0 Å². The lowest BCUT2D eigenvalue weighted by Crippen LogP contribution is -2.34. The number of nitrogens with two attached hydrogens (primary N) is 2. The Labute approximate surface area is 221 Å². The summed E-state index contributed by atoms with van der Waals surface area (Å²) in [6.07, 6.45) is 4.69. The molecule has 11 nitrogen and oxygen atoms in total. The quantitative estimate of drug-likeness (QED) is 0.209. The van der Waals surface area contributed by atoms with Crippen molar-refractivity contribution < 1.29 is 9.59 Å². The molecule has 0 unspecified atom stereocenters. The van der Waals surface area contributed by atoms with Crippen LogP contribution >= 0.6 is 11.6 Å². The van der Waals surface area contributed by atoms with Crippen molar-refractivity contribution in [1.29, 1.82) is 0 Å². The first kappa shape index (κ1) is 27.9. The van der Waals surface area contributed by atoms with Gasteiger partial charge in [0.15, 0.2) is 5.82 Å². The lowest BCUT2D eigenvalue weighted by molar-refractivity contribution is -0.112. The summed E-state index contributed by atoms with van der Waals surface area (Å²) in [6.45, 7) is 11.1. The van der Waals surface area contributed by atoms with E-state index in [1.54, 1.807) is 26.2 Å². The van der Waals surface area contributed by atoms with Crippen molar-refractivity contribution in [1.82, 2.24) is 25.2 Å². The minimum absolute atomic E-state index is 0.0540. The summed E-state index contributed by atoms with van der Waals surface area (Å²) in [5, 5.41) is 3.01. The SMILES string of the molecule is CCN(CC)CCNC(=O)c1c[nH]c(/C=C2\C(=O)N(CC(=CN)C(C)=NC)c3nc(N)nc(Cl)c32)c1C. The van der Waals surface area contributed by atoms with Gasteiger partial charge in [0, 0.05) is 49.5 Å². The lowest BCUT2D eigenvalue weighted by atomic mass is 10.1. The Hall–Kier alpha value is -3.70. The molecule has 1 aliphatic rings. The van der Waals surface area contributed by atoms with E-state index in [9.17, 15) is 9.59 Å². The van der Waals surface area contributed by atoms with Crippen molar-refractivity contribution >= 4 is 52.5 Å². The molecule has 12 heteroatoms. The van der Waals surface area contributed by atoms with Crippen molar-refractivity contribution in [2.24, 2.45) is 10.7 Å². The molecule has 1 aliphatic heterocycles. The Bertz CT molecular complexity index is 1280. The van der Waals surface area contributed by atoms with Gasteiger partial charge in [0.25, 0.3) is 11.8 Å². The number of H-pyrrole nitrogens is 1. The molecular weight excluding hydrogens is 494 g/mol. The Morgan fingerprint density at radius 2 is 2.03 bits per heavy atom. The Balaban J connectivity index is 1.94. The third-order valence-electron chi connectivity index (χ3n) is 6.51. The molecule has 0 spiro atoms. The number of anilines is 2. The first-order valence-corrected chi connectivity index (χ1v) is 12.4. The molecule has 2 amide bonds. The lowest BCUT2D eigenvalue weighted by Gasteiger charge is -2.18. The number of aromatic amines is 1. The third kappa shape index (κ3) is 5.83. The number of halogens is 1. The molecular formula is C25H34ClN9O2. The van der Waals surface area contributed by atoms with Crippen LogP contribution in [-0.4, -0.2) is 77.1 Å². The van der Waals surface area contributed by atoms with Gasteiger partial charge < -0.3 is 26.7 Å². The molecule has 0 saturated heterocycles. The van der Waals surface area contributed by atoms with Crippen molar-refractivity contribution in [2.75, 3.05) is 50.4 Å². The van der Waals surface area contributed by atoms with E-state index in [0.717, 1.165) is 19.6 Å². The minimum Gasteiger partial charge on any atom is -0.404 e. The monoisotopic (exact) mass is 527 g/mol. The first-order chi connectivity index (χ1) is 17.7. The van der Waals surface area contributed by atoms with E-state index in [1.807, 2.05) is 6.92 Å². The molecule has 2 aromatic rings. The molecule has 6 N–H and O–H groups in total. The summed E-state index contributed by atoms with van der Waals surface area (Å²) in [7, 11) is 1.65. The maximum absolute atomic E-state index is 13.6. The van der Waals surface area contributed by atoms with Crippen LogP contribution in [0.2, 0.25) is 5.15 Å². The second-order valence-corrected chi connectivity index (χ2v) is 8.90. The van der Waals surface area contributed by atoms with Gasteiger partial charge in [-0.15, -0.1) is 0 Å². The van der Waals surface area contributed by atoms with E-state index in [1.165, 1.54) is 11.1 Å². The van der Waals surface area contributed by atoms with E-state index in [-0.39, 0.29) is 40.9 Å². The average Bonchev–Trinajstić information content (AvgIpc) is 3.36. The summed E-state index contributed by atoms with van der Waals surface area (Å²) in [6, 6.07) is 0. The number of nitrogen functional groups attached to an aromatic ring is 1. The normalized spacial score (nSPS) is 15.2. The predicted molar refractivity (Wildman–Crippen MR) is 149 cm³/mol. The van der Waals surface area contributed by atoms with Gasteiger partial charge >= 0.3 is 0 Å². The van der Waals surface area contributed by atoms with Gasteiger partial charge in [0.05, 0.1) is 23.2 Å². The van der Waals surface area contributed by atoms with Crippen LogP contribution in [0.4, 0.5) is 11.8 Å². The van der Waals surface area contributed by atoms with E-state index in [0.29, 0.717) is 40.2 Å². The standard InChI is InChI=1S/C25H34ClN9O2/c1-6-34(7-2)9-8-30-23(36)18-12-31-19(14(18)3)10-17-20-21(26)32-25(28)33-22(20)35(24(17)37)13-16(11-27)15(4)29-5/h10-12,31H,6-9,13,27H2,1-5H3,(H,30,36)(H2,28,32,33)/b16-11?,17-10-,29-15?. The fourth-order valence-corrected chi connectivity index (χ4v) is 4.37. The molecule has 0 aliphatic carbocycles. The minimum atomic E-state index is -0.348. The van der Waals surface area contributed by atoms with Gasteiger partial charge in [0.2, 0.25) is 5.95 Å². The molecule has 2 aromatic heterocycles. The molecule has 0 fully saturated rings. The summed E-state index contributed by atoms with van der Waals surface area (Å²) >= 11 is 6.44. The van der Waals surface area contributed by atoms with Crippen LogP contribution in [0.15, 0.2) is 23.0 Å². The molecule has 0 radical (unpaired) electrons. The number of carbonyl (C=O) groups excluding carboxylic acids is 2. The number of amides is 2. The Morgan fingerprint density at radius 1 is 1.32 bits per heavy atom. The maximum Gasteiger partial charge on any atom is 0.260 e. The van der Waals surface area contributed by atoms with Crippen LogP contribution in [-0.2, 0) is 4.79 Å². The number of aliphatic imine (C=N–C) groups is 1. The van der Waals surface area contributed by atoms with Gasteiger partial charge in [-0.2, -0.15) is 4.98 Å². The molecule has 3 rings (SSSR count). The summed E-state index contributed by atoms with van der Waals surface area (Å²) in [5.74, 6) is -0.303.